The number of hydrogen-bond donors (Lipinski definition) is 2. The molecule has 5 heteroatoms. The van der Waals surface area contributed by atoms with Crippen molar-refractivity contribution in [1.29, 1.82) is 0 Å². The molecule has 17 heavy (non-hydrogen) atoms. The standard InChI is InChI=1S/C12H14BrNO3/c1-6-8-3-7(13)4-9(10(15)5-17-2)11(8)14-12(6)16/h3-4,6,10,15H,5H2,1-2H3,(H,14,16). The lowest BCUT2D eigenvalue weighted by Crippen LogP contribution is -2.11. The van der Waals surface area contributed by atoms with E-state index in [-0.39, 0.29) is 18.4 Å². The Kier molecular flexibility index (Phi) is 3.51. The molecule has 1 aliphatic rings. The van der Waals surface area contributed by atoms with Crippen molar-refractivity contribution in [2.45, 2.75) is 18.9 Å². The number of amides is 1. The molecule has 2 atom stereocenters. The van der Waals surface area contributed by atoms with E-state index in [1.165, 1.54) is 7.11 Å². The summed E-state index contributed by atoms with van der Waals surface area (Å²) in [5.74, 6) is -0.222. The van der Waals surface area contributed by atoms with Gasteiger partial charge in [0.1, 0.15) is 6.10 Å². The fraction of sp³-hybridized carbons (Fsp3) is 0.417. The number of hydrogen-bond acceptors (Lipinski definition) is 3. The van der Waals surface area contributed by atoms with Crippen LogP contribution in [0.25, 0.3) is 0 Å². The van der Waals surface area contributed by atoms with E-state index in [0.717, 1.165) is 15.7 Å². The molecule has 0 bridgehead atoms. The molecule has 1 amide bonds. The van der Waals surface area contributed by atoms with Crippen molar-refractivity contribution >= 4 is 27.5 Å². The molecule has 1 aromatic rings. The highest BCUT2D eigenvalue weighted by Crippen LogP contribution is 2.39. The van der Waals surface area contributed by atoms with Crippen LogP contribution in [0.4, 0.5) is 5.69 Å². The monoisotopic (exact) mass is 299 g/mol. The zero-order valence-electron chi connectivity index (χ0n) is 9.66. The molecule has 92 valence electrons. The molecule has 4 nitrogen and oxygen atoms in total. The summed E-state index contributed by atoms with van der Waals surface area (Å²) in [6.07, 6.45) is -0.739. The molecule has 0 radical (unpaired) electrons. The number of aliphatic hydroxyl groups is 1. The van der Waals surface area contributed by atoms with Crippen LogP contribution >= 0.6 is 15.9 Å². The summed E-state index contributed by atoms with van der Waals surface area (Å²) < 4.78 is 5.78. The van der Waals surface area contributed by atoms with E-state index >= 15 is 0 Å². The Morgan fingerprint density at radius 2 is 2.29 bits per heavy atom. The van der Waals surface area contributed by atoms with Crippen molar-refractivity contribution < 1.29 is 14.6 Å². The van der Waals surface area contributed by atoms with E-state index in [2.05, 4.69) is 21.2 Å². The number of rotatable bonds is 3. The van der Waals surface area contributed by atoms with E-state index in [9.17, 15) is 9.90 Å². The molecule has 1 aliphatic heterocycles. The Balaban J connectivity index is 2.48. The predicted octanol–water partition coefficient (Wildman–Crippen LogP) is 2.18. The minimum atomic E-state index is -0.739. The van der Waals surface area contributed by atoms with Gasteiger partial charge in [0.25, 0.3) is 0 Å². The first-order valence-electron chi connectivity index (χ1n) is 5.35. The van der Waals surface area contributed by atoms with Crippen molar-refractivity contribution in [2.24, 2.45) is 0 Å². The molecule has 2 N–H and O–H groups in total. The second-order valence-electron chi connectivity index (χ2n) is 4.14. The van der Waals surface area contributed by atoms with Crippen LogP contribution in [0.2, 0.25) is 0 Å². The minimum Gasteiger partial charge on any atom is -0.386 e. The Bertz CT molecular complexity index is 461. The normalized spacial score (nSPS) is 20.0. The van der Waals surface area contributed by atoms with Crippen LogP contribution in [0.15, 0.2) is 16.6 Å². The lowest BCUT2D eigenvalue weighted by molar-refractivity contribution is -0.116. The maximum absolute atomic E-state index is 11.6. The van der Waals surface area contributed by atoms with Gasteiger partial charge in [0.05, 0.1) is 18.2 Å². The van der Waals surface area contributed by atoms with E-state index in [4.69, 9.17) is 4.74 Å². The first-order valence-corrected chi connectivity index (χ1v) is 6.15. The van der Waals surface area contributed by atoms with E-state index in [0.29, 0.717) is 5.56 Å². The maximum atomic E-state index is 11.6. The highest BCUT2D eigenvalue weighted by Gasteiger charge is 2.30. The second kappa shape index (κ2) is 4.76. The number of aliphatic hydroxyl groups excluding tert-OH is 1. The Labute approximate surface area is 108 Å². The molecule has 0 spiro atoms. The maximum Gasteiger partial charge on any atom is 0.231 e. The third-order valence-corrected chi connectivity index (χ3v) is 3.41. The second-order valence-corrected chi connectivity index (χ2v) is 5.06. The number of carbonyl (C=O) groups excluding carboxylic acids is 1. The Morgan fingerprint density at radius 3 is 2.94 bits per heavy atom. The van der Waals surface area contributed by atoms with Crippen molar-refractivity contribution in [1.82, 2.24) is 0 Å². The molecular formula is C12H14BrNO3. The molecule has 0 aliphatic carbocycles. The van der Waals surface area contributed by atoms with Gasteiger partial charge in [0.2, 0.25) is 5.91 Å². The first kappa shape index (κ1) is 12.5. The number of benzene rings is 1. The number of ether oxygens (including phenoxy) is 1. The van der Waals surface area contributed by atoms with Crippen molar-refractivity contribution in [2.75, 3.05) is 19.0 Å². The summed E-state index contributed by atoms with van der Waals surface area (Å²) >= 11 is 3.39. The molecular weight excluding hydrogens is 286 g/mol. The third kappa shape index (κ3) is 2.22. The smallest absolute Gasteiger partial charge is 0.231 e. The zero-order valence-corrected chi connectivity index (χ0v) is 11.2. The van der Waals surface area contributed by atoms with Gasteiger partial charge in [-0.25, -0.2) is 0 Å². The summed E-state index contributed by atoms with van der Waals surface area (Å²) in [5, 5.41) is 12.8. The minimum absolute atomic E-state index is 0.0380. The van der Waals surface area contributed by atoms with Gasteiger partial charge in [-0.05, 0) is 24.6 Å². The third-order valence-electron chi connectivity index (χ3n) is 2.96. The van der Waals surface area contributed by atoms with Crippen LogP contribution in [-0.2, 0) is 9.53 Å². The molecule has 0 fully saturated rings. The number of methoxy groups -OCH3 is 1. The molecule has 1 heterocycles. The number of anilines is 1. The van der Waals surface area contributed by atoms with Crippen LogP contribution in [0.3, 0.4) is 0 Å². The molecule has 0 aromatic heterocycles. The Hall–Kier alpha value is -0.910. The van der Waals surface area contributed by atoms with Crippen LogP contribution in [0, 0.1) is 0 Å². The van der Waals surface area contributed by atoms with Gasteiger partial charge in [-0.3, -0.25) is 4.79 Å². The Morgan fingerprint density at radius 1 is 1.59 bits per heavy atom. The SMILES string of the molecule is COCC(O)c1cc(Br)cc2c1NC(=O)C2C. The summed E-state index contributed by atoms with van der Waals surface area (Å²) in [5.41, 5.74) is 2.32. The van der Waals surface area contributed by atoms with Gasteiger partial charge < -0.3 is 15.2 Å². The van der Waals surface area contributed by atoms with Gasteiger partial charge in [0.15, 0.2) is 0 Å². The first-order chi connectivity index (χ1) is 8.04. The van der Waals surface area contributed by atoms with Crippen molar-refractivity contribution in [3.63, 3.8) is 0 Å². The topological polar surface area (TPSA) is 58.6 Å². The van der Waals surface area contributed by atoms with E-state index < -0.39 is 6.10 Å². The summed E-state index contributed by atoms with van der Waals surface area (Å²) in [7, 11) is 1.53. The number of fused-ring (bicyclic) bond motifs is 1. The largest absolute Gasteiger partial charge is 0.386 e. The van der Waals surface area contributed by atoms with Crippen LogP contribution in [0.1, 0.15) is 30.1 Å². The zero-order chi connectivity index (χ0) is 12.6. The molecule has 2 unspecified atom stereocenters. The molecule has 0 saturated carbocycles. The van der Waals surface area contributed by atoms with Gasteiger partial charge in [-0.15, -0.1) is 0 Å². The summed E-state index contributed by atoms with van der Waals surface area (Å²) in [6.45, 7) is 2.05. The van der Waals surface area contributed by atoms with Gasteiger partial charge >= 0.3 is 0 Å². The number of carbonyl (C=O) groups is 1. The van der Waals surface area contributed by atoms with Crippen LogP contribution in [-0.4, -0.2) is 24.7 Å². The highest BCUT2D eigenvalue weighted by atomic mass is 79.9. The van der Waals surface area contributed by atoms with Crippen molar-refractivity contribution in [3.8, 4) is 0 Å². The van der Waals surface area contributed by atoms with Gasteiger partial charge in [0, 0.05) is 17.1 Å². The average molecular weight is 300 g/mol. The summed E-state index contributed by atoms with van der Waals surface area (Å²) in [6, 6.07) is 3.71. The predicted molar refractivity (Wildman–Crippen MR) is 68.0 cm³/mol. The molecule has 0 saturated heterocycles. The number of nitrogens with one attached hydrogen (secondary N) is 1. The average Bonchev–Trinajstić information content (AvgIpc) is 2.55. The van der Waals surface area contributed by atoms with Gasteiger partial charge in [-0.2, -0.15) is 0 Å². The van der Waals surface area contributed by atoms with Crippen molar-refractivity contribution in [3.05, 3.63) is 27.7 Å². The molecule has 1 aromatic carbocycles. The van der Waals surface area contributed by atoms with Crippen LogP contribution < -0.4 is 5.32 Å². The molecule has 2 rings (SSSR count). The lowest BCUT2D eigenvalue weighted by atomic mass is 9.98. The van der Waals surface area contributed by atoms with E-state index in [1.54, 1.807) is 6.07 Å². The van der Waals surface area contributed by atoms with Gasteiger partial charge in [-0.1, -0.05) is 15.9 Å². The fourth-order valence-electron chi connectivity index (χ4n) is 2.02. The number of halogens is 1. The highest BCUT2D eigenvalue weighted by molar-refractivity contribution is 9.10. The van der Waals surface area contributed by atoms with E-state index in [1.807, 2.05) is 13.0 Å². The lowest BCUT2D eigenvalue weighted by Gasteiger charge is -2.15. The fourth-order valence-corrected chi connectivity index (χ4v) is 2.51. The quantitative estimate of drug-likeness (QED) is 0.899. The summed E-state index contributed by atoms with van der Waals surface area (Å²) in [4.78, 5) is 11.6. The van der Waals surface area contributed by atoms with Crippen LogP contribution in [0.5, 0.6) is 0 Å².